The second kappa shape index (κ2) is 5.33. The molecule has 0 aromatic carbocycles. The highest BCUT2D eigenvalue weighted by atomic mass is 32.1. The molecule has 1 saturated heterocycles. The highest BCUT2D eigenvalue weighted by Gasteiger charge is 2.45. The molecule has 0 aliphatic carbocycles. The predicted molar refractivity (Wildman–Crippen MR) is 76.6 cm³/mol. The van der Waals surface area contributed by atoms with Crippen molar-refractivity contribution in [3.05, 3.63) is 40.3 Å². The summed E-state index contributed by atoms with van der Waals surface area (Å²) in [6, 6.07) is 1.50. The Morgan fingerprint density at radius 2 is 2.38 bits per heavy atom. The molecule has 1 aliphatic rings. The molecular weight excluding hydrogens is 290 g/mol. The van der Waals surface area contributed by atoms with Gasteiger partial charge in [0.25, 0.3) is 0 Å². The van der Waals surface area contributed by atoms with E-state index in [0.29, 0.717) is 6.54 Å². The van der Waals surface area contributed by atoms with Crippen molar-refractivity contribution in [1.82, 2.24) is 14.7 Å². The Kier molecular flexibility index (Phi) is 3.50. The number of amides is 1. The predicted octanol–water partition coefficient (Wildman–Crippen LogP) is 1.66. The number of aliphatic carboxylic acids is 1. The molecule has 0 radical (unpaired) electrons. The van der Waals surface area contributed by atoms with Crippen molar-refractivity contribution in [3.8, 4) is 0 Å². The summed E-state index contributed by atoms with van der Waals surface area (Å²) in [5.74, 6) is -1.78. The van der Waals surface area contributed by atoms with Gasteiger partial charge in [0.2, 0.25) is 5.91 Å². The zero-order chi connectivity index (χ0) is 15.0. The Bertz CT molecular complexity index is 665. The van der Waals surface area contributed by atoms with Gasteiger partial charge in [0.15, 0.2) is 0 Å². The van der Waals surface area contributed by atoms with Gasteiger partial charge in [-0.15, -0.1) is 0 Å². The number of likely N-dealkylation sites (tertiary alicyclic amines) is 1. The van der Waals surface area contributed by atoms with E-state index >= 15 is 0 Å². The van der Waals surface area contributed by atoms with Crippen molar-refractivity contribution in [2.24, 2.45) is 13.0 Å². The topological polar surface area (TPSA) is 75.4 Å². The van der Waals surface area contributed by atoms with E-state index in [4.69, 9.17) is 0 Å². The van der Waals surface area contributed by atoms with Gasteiger partial charge < -0.3 is 10.0 Å². The number of hydrogen-bond acceptors (Lipinski definition) is 4. The van der Waals surface area contributed by atoms with Crippen LogP contribution in [0.15, 0.2) is 29.2 Å². The molecule has 1 N–H and O–H groups in total. The van der Waals surface area contributed by atoms with E-state index in [1.54, 1.807) is 40.4 Å². The minimum atomic E-state index is -0.940. The largest absolute Gasteiger partial charge is 0.481 e. The van der Waals surface area contributed by atoms with Crippen LogP contribution in [0.5, 0.6) is 0 Å². The second-order valence-corrected chi connectivity index (χ2v) is 5.97. The average Bonchev–Trinajstić information content (AvgIpc) is 3.13. The number of nitrogens with zero attached hydrogens (tertiary/aromatic N) is 3. The van der Waals surface area contributed by atoms with Gasteiger partial charge >= 0.3 is 5.97 Å². The van der Waals surface area contributed by atoms with Crippen LogP contribution < -0.4 is 0 Å². The molecule has 21 heavy (non-hydrogen) atoms. The number of carboxylic acid groups (broad SMARTS) is 1. The molecule has 2 aromatic heterocycles. The first kappa shape index (κ1) is 13.8. The molecule has 2 aromatic rings. The second-order valence-electron chi connectivity index (χ2n) is 5.19. The molecular formula is C14H15N3O3S. The smallest absolute Gasteiger partial charge is 0.309 e. The lowest BCUT2D eigenvalue weighted by atomic mass is 9.96. The quantitative estimate of drug-likeness (QED) is 0.932. The highest BCUT2D eigenvalue weighted by Crippen LogP contribution is 2.39. The molecule has 3 heterocycles. The zero-order valence-electron chi connectivity index (χ0n) is 11.5. The first-order valence-corrected chi connectivity index (χ1v) is 7.52. The Morgan fingerprint density at radius 3 is 2.95 bits per heavy atom. The molecule has 7 heteroatoms. The minimum absolute atomic E-state index is 0.0407. The lowest BCUT2D eigenvalue weighted by Crippen LogP contribution is -2.29. The van der Waals surface area contributed by atoms with E-state index in [1.807, 2.05) is 16.8 Å². The molecule has 0 unspecified atom stereocenters. The summed E-state index contributed by atoms with van der Waals surface area (Å²) in [5, 5.41) is 17.4. The van der Waals surface area contributed by atoms with E-state index in [2.05, 4.69) is 5.10 Å². The van der Waals surface area contributed by atoms with Crippen LogP contribution in [0.4, 0.5) is 0 Å². The van der Waals surface area contributed by atoms with Gasteiger partial charge in [0.05, 0.1) is 18.2 Å². The van der Waals surface area contributed by atoms with Crippen LogP contribution >= 0.6 is 11.3 Å². The first-order valence-electron chi connectivity index (χ1n) is 6.58. The van der Waals surface area contributed by atoms with E-state index in [-0.39, 0.29) is 12.3 Å². The molecule has 2 atom stereocenters. The highest BCUT2D eigenvalue weighted by molar-refractivity contribution is 7.07. The minimum Gasteiger partial charge on any atom is -0.481 e. The average molecular weight is 305 g/mol. The maximum atomic E-state index is 12.2. The summed E-state index contributed by atoms with van der Waals surface area (Å²) in [5.41, 5.74) is 1.79. The van der Waals surface area contributed by atoms with E-state index in [1.165, 1.54) is 0 Å². The van der Waals surface area contributed by atoms with E-state index in [9.17, 15) is 14.7 Å². The maximum absolute atomic E-state index is 12.2. The number of thiophene rings is 1. The molecule has 3 rings (SSSR count). The molecule has 6 nitrogen and oxygen atoms in total. The van der Waals surface area contributed by atoms with Crippen LogP contribution in [-0.4, -0.2) is 31.7 Å². The lowest BCUT2D eigenvalue weighted by molar-refractivity contribution is -0.142. The number of carboxylic acids is 1. The van der Waals surface area contributed by atoms with Crippen molar-refractivity contribution in [2.75, 3.05) is 0 Å². The summed E-state index contributed by atoms with van der Waals surface area (Å²) in [6.07, 6.45) is 3.46. The van der Waals surface area contributed by atoms with Gasteiger partial charge in [0, 0.05) is 31.8 Å². The van der Waals surface area contributed by atoms with Crippen LogP contribution in [0, 0.1) is 5.92 Å². The number of aryl methyl sites for hydroxylation is 1. The fourth-order valence-electron chi connectivity index (χ4n) is 2.78. The van der Waals surface area contributed by atoms with Gasteiger partial charge in [-0.1, -0.05) is 0 Å². The van der Waals surface area contributed by atoms with Crippen molar-refractivity contribution in [2.45, 2.75) is 19.0 Å². The zero-order valence-corrected chi connectivity index (χ0v) is 12.3. The number of carbonyl (C=O) groups is 2. The fraction of sp³-hybridized carbons (Fsp3) is 0.357. The van der Waals surface area contributed by atoms with Gasteiger partial charge in [0.1, 0.15) is 0 Å². The summed E-state index contributed by atoms with van der Waals surface area (Å²) in [4.78, 5) is 25.4. The fourth-order valence-corrected chi connectivity index (χ4v) is 3.44. The lowest BCUT2D eigenvalue weighted by Gasteiger charge is -2.25. The number of carbonyl (C=O) groups excluding carboxylic acids is 1. The Labute approximate surface area is 125 Å². The van der Waals surface area contributed by atoms with Crippen LogP contribution in [-0.2, 0) is 23.2 Å². The van der Waals surface area contributed by atoms with Crippen molar-refractivity contribution in [1.29, 1.82) is 0 Å². The Balaban J connectivity index is 1.95. The van der Waals surface area contributed by atoms with Gasteiger partial charge in [-0.3, -0.25) is 14.3 Å². The number of aromatic nitrogens is 2. The third-order valence-corrected chi connectivity index (χ3v) is 4.48. The monoisotopic (exact) mass is 305 g/mol. The Hall–Kier alpha value is -2.15. The van der Waals surface area contributed by atoms with Gasteiger partial charge in [-0.05, 0) is 22.4 Å². The molecule has 0 spiro atoms. The molecule has 1 amide bonds. The van der Waals surface area contributed by atoms with Crippen molar-refractivity contribution in [3.63, 3.8) is 0 Å². The van der Waals surface area contributed by atoms with E-state index < -0.39 is 17.9 Å². The molecule has 0 bridgehead atoms. The van der Waals surface area contributed by atoms with Crippen LogP contribution in [0.25, 0.3) is 0 Å². The summed E-state index contributed by atoms with van der Waals surface area (Å²) in [7, 11) is 1.78. The third-order valence-electron chi connectivity index (χ3n) is 3.75. The van der Waals surface area contributed by atoms with Gasteiger partial charge in [-0.25, -0.2) is 0 Å². The SMILES string of the molecule is Cn1cc([C@@H]2[C@@H](C(=O)O)CC(=O)N2Cc2ccsc2)cn1. The maximum Gasteiger partial charge on any atom is 0.309 e. The molecule has 1 fully saturated rings. The van der Waals surface area contributed by atoms with Crippen LogP contribution in [0.1, 0.15) is 23.6 Å². The third kappa shape index (κ3) is 2.56. The standard InChI is InChI=1S/C14H15N3O3S/c1-16-7-10(5-15-16)13-11(14(19)20)4-12(18)17(13)6-9-2-3-21-8-9/h2-3,5,7-8,11,13H,4,6H2,1H3,(H,19,20)/t11-,13+/m0/s1. The molecule has 110 valence electrons. The normalized spacial score (nSPS) is 22.0. The van der Waals surface area contributed by atoms with Gasteiger partial charge in [-0.2, -0.15) is 16.4 Å². The molecule has 0 saturated carbocycles. The first-order chi connectivity index (χ1) is 10.1. The van der Waals surface area contributed by atoms with E-state index in [0.717, 1.165) is 11.1 Å². The van der Waals surface area contributed by atoms with Crippen LogP contribution in [0.3, 0.4) is 0 Å². The van der Waals surface area contributed by atoms with Crippen molar-refractivity contribution < 1.29 is 14.7 Å². The summed E-state index contributed by atoms with van der Waals surface area (Å²) >= 11 is 1.56. The number of rotatable bonds is 4. The van der Waals surface area contributed by atoms with Crippen LogP contribution in [0.2, 0.25) is 0 Å². The van der Waals surface area contributed by atoms with Crippen molar-refractivity contribution >= 4 is 23.2 Å². The summed E-state index contributed by atoms with van der Waals surface area (Å²) in [6.45, 7) is 0.436. The Morgan fingerprint density at radius 1 is 1.57 bits per heavy atom. The number of hydrogen-bond donors (Lipinski definition) is 1. The summed E-state index contributed by atoms with van der Waals surface area (Å²) < 4.78 is 1.62. The molecule has 1 aliphatic heterocycles.